The summed E-state index contributed by atoms with van der Waals surface area (Å²) in [6.07, 6.45) is -4.08. The van der Waals surface area contributed by atoms with Crippen LogP contribution in [0.2, 0.25) is 5.02 Å². The zero-order chi connectivity index (χ0) is 24.4. The molecule has 0 aliphatic heterocycles. The maximum atomic E-state index is 13.8. The van der Waals surface area contributed by atoms with Crippen LogP contribution in [-0.4, -0.2) is 41.5 Å². The van der Waals surface area contributed by atoms with E-state index in [1.54, 1.807) is 13.8 Å². The number of halogens is 4. The Balaban J connectivity index is 1.97. The van der Waals surface area contributed by atoms with E-state index in [0.29, 0.717) is 9.70 Å². The normalized spacial score (nSPS) is 12.2. The first kappa shape index (κ1) is 24.7. The minimum absolute atomic E-state index is 0.0283. The van der Waals surface area contributed by atoms with E-state index in [9.17, 15) is 26.4 Å². The number of hydrogen-bond acceptors (Lipinski definition) is 4. The highest BCUT2D eigenvalue weighted by molar-refractivity contribution is 7.89. The van der Waals surface area contributed by atoms with Crippen molar-refractivity contribution >= 4 is 33.2 Å². The predicted molar refractivity (Wildman–Crippen MR) is 118 cm³/mol. The Morgan fingerprint density at radius 3 is 2.33 bits per heavy atom. The summed E-state index contributed by atoms with van der Waals surface area (Å²) in [6.45, 7) is 3.86. The van der Waals surface area contributed by atoms with Gasteiger partial charge < -0.3 is 5.32 Å². The first-order valence-electron chi connectivity index (χ1n) is 9.81. The number of carbonyl (C=O) groups excluding carboxylic acids is 1. The van der Waals surface area contributed by atoms with E-state index in [-0.39, 0.29) is 29.4 Å². The Morgan fingerprint density at radius 1 is 1.12 bits per heavy atom. The summed E-state index contributed by atoms with van der Waals surface area (Å²) in [6, 6.07) is 10.8. The monoisotopic (exact) mass is 500 g/mol. The van der Waals surface area contributed by atoms with Crippen LogP contribution in [-0.2, 0) is 16.2 Å². The smallest absolute Gasteiger partial charge is 0.322 e. The average molecular weight is 501 g/mol. The van der Waals surface area contributed by atoms with E-state index in [4.69, 9.17) is 11.6 Å². The van der Waals surface area contributed by atoms with Gasteiger partial charge in [0.15, 0.2) is 5.69 Å². The molecule has 0 spiro atoms. The number of carbonyl (C=O) groups is 1. The lowest BCUT2D eigenvalue weighted by Gasteiger charge is -2.19. The summed E-state index contributed by atoms with van der Waals surface area (Å²) in [5, 5.41) is 6.40. The molecule has 12 heteroatoms. The SMILES string of the molecule is CCN(CC)S(=O)(=O)c1cccc(NC(=O)c2cnn(-c3ccc(Cl)cc3)c2C(F)(F)F)c1. The predicted octanol–water partition coefficient (Wildman–Crippen LogP) is 4.83. The maximum Gasteiger partial charge on any atom is 0.434 e. The molecule has 0 bridgehead atoms. The molecule has 2 aromatic carbocycles. The lowest BCUT2D eigenvalue weighted by Crippen LogP contribution is -2.30. The van der Waals surface area contributed by atoms with E-state index in [2.05, 4.69) is 10.4 Å². The Hall–Kier alpha value is -2.89. The molecule has 0 radical (unpaired) electrons. The number of benzene rings is 2. The molecular weight excluding hydrogens is 481 g/mol. The van der Waals surface area contributed by atoms with E-state index in [1.807, 2.05) is 0 Å². The minimum Gasteiger partial charge on any atom is -0.322 e. The van der Waals surface area contributed by atoms with Crippen molar-refractivity contribution in [2.75, 3.05) is 18.4 Å². The summed E-state index contributed by atoms with van der Waals surface area (Å²) in [5.41, 5.74) is -1.89. The minimum atomic E-state index is -4.89. The zero-order valence-corrected chi connectivity index (χ0v) is 19.2. The summed E-state index contributed by atoms with van der Waals surface area (Å²) in [4.78, 5) is 12.7. The van der Waals surface area contributed by atoms with Crippen molar-refractivity contribution in [3.8, 4) is 5.69 Å². The number of amides is 1. The fourth-order valence-corrected chi connectivity index (χ4v) is 4.84. The van der Waals surface area contributed by atoms with Crippen molar-refractivity contribution in [3.63, 3.8) is 0 Å². The third-order valence-corrected chi connectivity index (χ3v) is 7.09. The van der Waals surface area contributed by atoms with Crippen LogP contribution in [0.1, 0.15) is 29.9 Å². The van der Waals surface area contributed by atoms with Gasteiger partial charge in [-0.1, -0.05) is 31.5 Å². The summed E-state index contributed by atoms with van der Waals surface area (Å²) in [7, 11) is -3.82. The van der Waals surface area contributed by atoms with Gasteiger partial charge in [0, 0.05) is 23.8 Å². The van der Waals surface area contributed by atoms with Crippen molar-refractivity contribution < 1.29 is 26.4 Å². The molecule has 3 rings (SSSR count). The number of sulfonamides is 1. The van der Waals surface area contributed by atoms with E-state index >= 15 is 0 Å². The summed E-state index contributed by atoms with van der Waals surface area (Å²) in [5.74, 6) is -1.08. The highest BCUT2D eigenvalue weighted by Crippen LogP contribution is 2.34. The van der Waals surface area contributed by atoms with Crippen LogP contribution in [0.25, 0.3) is 5.69 Å². The number of nitrogens with zero attached hydrogens (tertiary/aromatic N) is 3. The number of anilines is 1. The molecule has 0 aliphatic carbocycles. The molecule has 1 heterocycles. The Morgan fingerprint density at radius 2 is 1.76 bits per heavy atom. The van der Waals surface area contributed by atoms with Crippen molar-refractivity contribution in [3.05, 3.63) is 71.0 Å². The topological polar surface area (TPSA) is 84.3 Å². The molecule has 0 saturated carbocycles. The Kier molecular flexibility index (Phi) is 7.15. The van der Waals surface area contributed by atoms with Crippen LogP contribution < -0.4 is 5.32 Å². The van der Waals surface area contributed by atoms with Gasteiger partial charge >= 0.3 is 6.18 Å². The highest BCUT2D eigenvalue weighted by atomic mass is 35.5. The van der Waals surface area contributed by atoms with Crippen molar-refractivity contribution in [1.29, 1.82) is 0 Å². The molecule has 33 heavy (non-hydrogen) atoms. The maximum absolute atomic E-state index is 13.8. The molecule has 0 unspecified atom stereocenters. The quantitative estimate of drug-likeness (QED) is 0.503. The van der Waals surface area contributed by atoms with Crippen LogP contribution in [0.5, 0.6) is 0 Å². The summed E-state index contributed by atoms with van der Waals surface area (Å²) >= 11 is 5.80. The highest BCUT2D eigenvalue weighted by Gasteiger charge is 2.40. The van der Waals surface area contributed by atoms with Crippen LogP contribution in [0.4, 0.5) is 18.9 Å². The van der Waals surface area contributed by atoms with E-state index in [0.717, 1.165) is 6.20 Å². The van der Waals surface area contributed by atoms with Gasteiger partial charge in [-0.15, -0.1) is 0 Å². The fraction of sp³-hybridized carbons (Fsp3) is 0.238. The number of alkyl halides is 3. The number of hydrogen-bond donors (Lipinski definition) is 1. The second kappa shape index (κ2) is 9.54. The van der Waals surface area contributed by atoms with Gasteiger partial charge in [0.2, 0.25) is 10.0 Å². The lowest BCUT2D eigenvalue weighted by molar-refractivity contribution is -0.143. The first-order valence-corrected chi connectivity index (χ1v) is 11.6. The van der Waals surface area contributed by atoms with Crippen LogP contribution in [0.3, 0.4) is 0 Å². The first-order chi connectivity index (χ1) is 15.5. The molecule has 0 fully saturated rings. The van der Waals surface area contributed by atoms with Gasteiger partial charge in [-0.05, 0) is 42.5 Å². The van der Waals surface area contributed by atoms with Gasteiger partial charge in [0.05, 0.1) is 22.3 Å². The molecule has 0 saturated heterocycles. The lowest BCUT2D eigenvalue weighted by atomic mass is 10.2. The van der Waals surface area contributed by atoms with Gasteiger partial charge in [0.1, 0.15) is 0 Å². The van der Waals surface area contributed by atoms with E-state index < -0.39 is 33.4 Å². The Bertz CT molecular complexity index is 1250. The third-order valence-electron chi connectivity index (χ3n) is 4.79. The molecule has 0 aliphatic rings. The fourth-order valence-electron chi connectivity index (χ4n) is 3.21. The third kappa shape index (κ3) is 5.21. The van der Waals surface area contributed by atoms with Crippen molar-refractivity contribution in [2.24, 2.45) is 0 Å². The van der Waals surface area contributed by atoms with Crippen LogP contribution in [0.15, 0.2) is 59.6 Å². The Labute approximate surface area is 193 Å². The van der Waals surface area contributed by atoms with Crippen molar-refractivity contribution in [1.82, 2.24) is 14.1 Å². The van der Waals surface area contributed by atoms with Crippen LogP contribution in [0, 0.1) is 0 Å². The molecule has 7 nitrogen and oxygen atoms in total. The molecule has 1 aromatic heterocycles. The molecule has 0 atom stereocenters. The van der Waals surface area contributed by atoms with Crippen LogP contribution >= 0.6 is 11.6 Å². The van der Waals surface area contributed by atoms with Gasteiger partial charge in [-0.25, -0.2) is 13.1 Å². The molecule has 1 amide bonds. The molecule has 176 valence electrons. The molecular formula is C21H20ClF3N4O3S. The average Bonchev–Trinajstić information content (AvgIpc) is 3.21. The standard InChI is InChI=1S/C21H20ClF3N4O3S/c1-3-28(4-2)33(31,32)17-7-5-6-15(12-17)27-20(30)18-13-26-29(19(18)21(23,24)25)16-10-8-14(22)9-11-16/h5-13H,3-4H2,1-2H3,(H,27,30). The van der Waals surface area contributed by atoms with E-state index in [1.165, 1.54) is 52.8 Å². The van der Waals surface area contributed by atoms with Gasteiger partial charge in [0.25, 0.3) is 5.91 Å². The number of aromatic nitrogens is 2. The second-order valence-corrected chi connectivity index (χ2v) is 9.24. The van der Waals surface area contributed by atoms with Gasteiger partial charge in [-0.2, -0.15) is 22.6 Å². The molecule has 3 aromatic rings. The second-order valence-electron chi connectivity index (χ2n) is 6.86. The number of nitrogens with one attached hydrogen (secondary N) is 1. The van der Waals surface area contributed by atoms with Gasteiger partial charge in [-0.3, -0.25) is 4.79 Å². The van der Waals surface area contributed by atoms with Crippen molar-refractivity contribution in [2.45, 2.75) is 24.9 Å². The molecule has 1 N–H and O–H groups in total. The largest absolute Gasteiger partial charge is 0.434 e. The summed E-state index contributed by atoms with van der Waals surface area (Å²) < 4.78 is 68.8. The zero-order valence-electron chi connectivity index (χ0n) is 17.6. The number of rotatable bonds is 7.